The zero-order valence-corrected chi connectivity index (χ0v) is 10.6. The molecule has 2 heteroatoms. The predicted molar refractivity (Wildman–Crippen MR) is 76.4 cm³/mol. The summed E-state index contributed by atoms with van der Waals surface area (Å²) in [6.07, 6.45) is 5.26. The molecule has 0 aliphatic heterocycles. The van der Waals surface area contributed by atoms with E-state index in [-0.39, 0.29) is 18.4 Å². The van der Waals surface area contributed by atoms with E-state index in [1.54, 1.807) is 0 Å². The highest BCUT2D eigenvalue weighted by Gasteiger charge is 2.07. The van der Waals surface area contributed by atoms with Crippen LogP contribution >= 0.6 is 12.4 Å². The summed E-state index contributed by atoms with van der Waals surface area (Å²) in [4.78, 5) is 0. The number of halogens is 1. The molecule has 0 bridgehead atoms. The fourth-order valence-electron chi connectivity index (χ4n) is 1.95. The van der Waals surface area contributed by atoms with Gasteiger partial charge in [-0.2, -0.15) is 0 Å². The molecule has 2 aromatic carbocycles. The van der Waals surface area contributed by atoms with Crippen LogP contribution in [-0.2, 0) is 0 Å². The fraction of sp³-hybridized carbons (Fsp3) is 0.200. The van der Waals surface area contributed by atoms with Crippen molar-refractivity contribution in [3.05, 3.63) is 48.0 Å². The molecule has 0 heterocycles. The van der Waals surface area contributed by atoms with E-state index in [4.69, 9.17) is 6.42 Å². The Morgan fingerprint density at radius 1 is 1.18 bits per heavy atom. The maximum Gasteiger partial charge on any atom is 0.0578 e. The Balaban J connectivity index is 0.00000144. The molecule has 0 saturated heterocycles. The Kier molecular flexibility index (Phi) is 5.03. The first-order valence-corrected chi connectivity index (χ1v) is 5.47. The fourth-order valence-corrected chi connectivity index (χ4v) is 1.95. The van der Waals surface area contributed by atoms with Gasteiger partial charge in [-0.1, -0.05) is 48.4 Å². The monoisotopic (exact) mass is 245 g/mol. The quantitative estimate of drug-likeness (QED) is 0.816. The van der Waals surface area contributed by atoms with Gasteiger partial charge in [0.25, 0.3) is 0 Å². The van der Waals surface area contributed by atoms with Gasteiger partial charge in [0.05, 0.1) is 6.54 Å². The Labute approximate surface area is 109 Å². The van der Waals surface area contributed by atoms with Gasteiger partial charge in [-0.3, -0.25) is 5.32 Å². The molecule has 0 spiro atoms. The van der Waals surface area contributed by atoms with Crippen LogP contribution in [0.1, 0.15) is 18.5 Å². The lowest BCUT2D eigenvalue weighted by atomic mass is 10.00. The molecule has 0 unspecified atom stereocenters. The summed E-state index contributed by atoms with van der Waals surface area (Å²) in [6.45, 7) is 2.74. The summed E-state index contributed by atoms with van der Waals surface area (Å²) in [6, 6.07) is 15.1. The minimum Gasteiger partial charge on any atom is -0.300 e. The molecule has 1 N–H and O–H groups in total. The van der Waals surface area contributed by atoms with E-state index in [1.165, 1.54) is 16.3 Å². The van der Waals surface area contributed by atoms with Gasteiger partial charge in [0.1, 0.15) is 0 Å². The molecule has 0 radical (unpaired) electrons. The van der Waals surface area contributed by atoms with Gasteiger partial charge >= 0.3 is 0 Å². The average Bonchev–Trinajstić information content (AvgIpc) is 2.35. The summed E-state index contributed by atoms with van der Waals surface area (Å²) in [5, 5.41) is 5.87. The number of fused-ring (bicyclic) bond motifs is 1. The largest absolute Gasteiger partial charge is 0.300 e. The summed E-state index contributed by atoms with van der Waals surface area (Å²) >= 11 is 0. The second-order valence-corrected chi connectivity index (χ2v) is 3.88. The molecule has 0 amide bonds. The number of terminal acetylenes is 1. The predicted octanol–water partition coefficient (Wildman–Crippen LogP) is 3.55. The van der Waals surface area contributed by atoms with Crippen LogP contribution in [0.3, 0.4) is 0 Å². The molecule has 1 nitrogen and oxygen atoms in total. The molecule has 0 fully saturated rings. The first kappa shape index (κ1) is 13.6. The highest BCUT2D eigenvalue weighted by molar-refractivity contribution is 5.86. The van der Waals surface area contributed by atoms with Crippen molar-refractivity contribution in [3.8, 4) is 12.3 Å². The van der Waals surface area contributed by atoms with E-state index in [0.29, 0.717) is 6.54 Å². The zero-order valence-electron chi connectivity index (χ0n) is 9.81. The van der Waals surface area contributed by atoms with Crippen molar-refractivity contribution in [3.63, 3.8) is 0 Å². The third-order valence-electron chi connectivity index (χ3n) is 2.80. The van der Waals surface area contributed by atoms with Crippen LogP contribution in [0.2, 0.25) is 0 Å². The van der Waals surface area contributed by atoms with Crippen molar-refractivity contribution in [2.45, 2.75) is 13.0 Å². The zero-order chi connectivity index (χ0) is 11.4. The number of hydrogen-bond acceptors (Lipinski definition) is 1. The number of rotatable bonds is 3. The number of benzene rings is 2. The standard InChI is InChI=1S/C15H15N.ClH/c1-3-11-16-12(2)14-10-6-8-13-7-4-5-9-15(13)14;/h1,4-10,12,16H,11H2,2H3;1H/t12-;/m1./s1. The summed E-state index contributed by atoms with van der Waals surface area (Å²) in [5.41, 5.74) is 1.30. The van der Waals surface area contributed by atoms with E-state index in [0.717, 1.165) is 0 Å². The average molecular weight is 246 g/mol. The first-order chi connectivity index (χ1) is 7.83. The lowest BCUT2D eigenvalue weighted by Crippen LogP contribution is -2.18. The van der Waals surface area contributed by atoms with Crippen molar-refractivity contribution < 1.29 is 0 Å². The normalized spacial score (nSPS) is 11.5. The van der Waals surface area contributed by atoms with Crippen LogP contribution in [0.5, 0.6) is 0 Å². The third-order valence-corrected chi connectivity index (χ3v) is 2.80. The maximum atomic E-state index is 5.26. The van der Waals surface area contributed by atoms with E-state index >= 15 is 0 Å². The second-order valence-electron chi connectivity index (χ2n) is 3.88. The second kappa shape index (κ2) is 6.30. The Hall–Kier alpha value is -1.49. The van der Waals surface area contributed by atoms with Gasteiger partial charge in [0.15, 0.2) is 0 Å². The molecular weight excluding hydrogens is 230 g/mol. The molecule has 2 rings (SSSR count). The SMILES string of the molecule is C#CCN[C@H](C)c1cccc2ccccc12.Cl. The number of nitrogens with one attached hydrogen (secondary N) is 1. The van der Waals surface area contributed by atoms with Crippen molar-refractivity contribution in [1.82, 2.24) is 5.32 Å². The Bertz CT molecular complexity index is 522. The van der Waals surface area contributed by atoms with Gasteiger partial charge in [0.2, 0.25) is 0 Å². The van der Waals surface area contributed by atoms with Crippen LogP contribution in [0.15, 0.2) is 42.5 Å². The molecule has 88 valence electrons. The lowest BCUT2D eigenvalue weighted by Gasteiger charge is -2.14. The summed E-state index contributed by atoms with van der Waals surface area (Å²) in [7, 11) is 0. The van der Waals surface area contributed by atoms with Gasteiger partial charge in [-0.25, -0.2) is 0 Å². The van der Waals surface area contributed by atoms with Crippen LogP contribution < -0.4 is 5.32 Å². The summed E-state index contributed by atoms with van der Waals surface area (Å²) in [5.74, 6) is 2.61. The smallest absolute Gasteiger partial charge is 0.0578 e. The third kappa shape index (κ3) is 3.00. The van der Waals surface area contributed by atoms with Crippen LogP contribution in [0.4, 0.5) is 0 Å². The van der Waals surface area contributed by atoms with E-state index in [2.05, 4.69) is 60.6 Å². The molecule has 0 aromatic heterocycles. The Morgan fingerprint density at radius 2 is 1.88 bits per heavy atom. The van der Waals surface area contributed by atoms with E-state index in [1.807, 2.05) is 0 Å². The molecule has 1 atom stereocenters. The van der Waals surface area contributed by atoms with Gasteiger partial charge in [0, 0.05) is 6.04 Å². The van der Waals surface area contributed by atoms with E-state index in [9.17, 15) is 0 Å². The molecule has 0 aliphatic rings. The molecule has 0 saturated carbocycles. The van der Waals surface area contributed by atoms with Crippen molar-refractivity contribution in [2.24, 2.45) is 0 Å². The van der Waals surface area contributed by atoms with Gasteiger partial charge in [-0.15, -0.1) is 18.8 Å². The molecule has 2 aromatic rings. The Morgan fingerprint density at radius 3 is 2.65 bits per heavy atom. The maximum absolute atomic E-state index is 5.26. The van der Waals surface area contributed by atoms with Crippen molar-refractivity contribution >= 4 is 23.2 Å². The van der Waals surface area contributed by atoms with Crippen molar-refractivity contribution in [1.29, 1.82) is 0 Å². The van der Waals surface area contributed by atoms with Gasteiger partial charge in [-0.05, 0) is 23.3 Å². The first-order valence-electron chi connectivity index (χ1n) is 5.47. The molecule has 17 heavy (non-hydrogen) atoms. The number of hydrogen-bond donors (Lipinski definition) is 1. The minimum absolute atomic E-state index is 0. The van der Waals surface area contributed by atoms with Crippen LogP contribution in [-0.4, -0.2) is 6.54 Å². The van der Waals surface area contributed by atoms with Gasteiger partial charge < -0.3 is 0 Å². The molecule has 0 aliphatic carbocycles. The molecular formula is C15H16ClN. The summed E-state index contributed by atoms with van der Waals surface area (Å²) < 4.78 is 0. The van der Waals surface area contributed by atoms with Crippen molar-refractivity contribution in [2.75, 3.05) is 6.54 Å². The van der Waals surface area contributed by atoms with Crippen LogP contribution in [0, 0.1) is 12.3 Å². The van der Waals surface area contributed by atoms with E-state index < -0.39 is 0 Å². The lowest BCUT2D eigenvalue weighted by molar-refractivity contribution is 0.627. The van der Waals surface area contributed by atoms with Crippen LogP contribution in [0.25, 0.3) is 10.8 Å². The highest BCUT2D eigenvalue weighted by Crippen LogP contribution is 2.23. The minimum atomic E-state index is 0. The topological polar surface area (TPSA) is 12.0 Å². The highest BCUT2D eigenvalue weighted by atomic mass is 35.5.